The Kier molecular flexibility index (Phi) is 12.4. The highest BCUT2D eigenvalue weighted by Gasteiger charge is 2.36. The average molecular weight is 509 g/mol. The number of aliphatic hydroxyl groups is 1. The molecule has 1 amide bonds. The Morgan fingerprint density at radius 3 is 2.00 bits per heavy atom. The smallest absolute Gasteiger partial charge is 0.415 e. The summed E-state index contributed by atoms with van der Waals surface area (Å²) in [4.78, 5) is 38.8. The molecule has 9 nitrogen and oxygen atoms in total. The first kappa shape index (κ1) is 31.4. The summed E-state index contributed by atoms with van der Waals surface area (Å²) in [6.45, 7) is 13.0. The Labute approximate surface area is 214 Å². The number of anilines is 1. The van der Waals surface area contributed by atoms with Gasteiger partial charge in [0.25, 0.3) is 0 Å². The van der Waals surface area contributed by atoms with Crippen LogP contribution in [0.1, 0.15) is 74.1 Å². The van der Waals surface area contributed by atoms with Crippen LogP contribution >= 0.6 is 0 Å². The number of para-hydroxylation sites is 1. The molecular weight excluding hydrogens is 464 g/mol. The van der Waals surface area contributed by atoms with E-state index in [2.05, 4.69) is 0 Å². The first-order chi connectivity index (χ1) is 16.6. The molecule has 1 rings (SSSR count). The summed E-state index contributed by atoms with van der Waals surface area (Å²) in [7, 11) is 0. The van der Waals surface area contributed by atoms with Gasteiger partial charge in [-0.25, -0.2) is 4.79 Å². The minimum atomic E-state index is -1.29. The summed E-state index contributed by atoms with van der Waals surface area (Å²) in [5.41, 5.74) is 5.87. The van der Waals surface area contributed by atoms with Gasteiger partial charge in [-0.2, -0.15) is 0 Å². The molecule has 4 N–H and O–H groups in total. The van der Waals surface area contributed by atoms with Crippen molar-refractivity contribution in [2.75, 3.05) is 4.90 Å². The topological polar surface area (TPSA) is 139 Å². The van der Waals surface area contributed by atoms with E-state index in [1.54, 1.807) is 45.0 Å². The molecule has 0 radical (unpaired) electrons. The van der Waals surface area contributed by atoms with Gasteiger partial charge in [-0.1, -0.05) is 45.9 Å². The second kappa shape index (κ2) is 14.2. The van der Waals surface area contributed by atoms with Gasteiger partial charge in [-0.15, -0.1) is 0 Å². The van der Waals surface area contributed by atoms with Crippen LogP contribution in [0.25, 0.3) is 0 Å². The molecule has 0 saturated heterocycles. The van der Waals surface area contributed by atoms with E-state index in [0.717, 1.165) is 0 Å². The summed E-state index contributed by atoms with van der Waals surface area (Å²) in [6.07, 6.45) is -2.97. The van der Waals surface area contributed by atoms with E-state index in [0.29, 0.717) is 18.5 Å². The van der Waals surface area contributed by atoms with Gasteiger partial charge in [0.15, 0.2) is 0 Å². The largest absolute Gasteiger partial charge is 0.481 e. The zero-order valence-corrected chi connectivity index (χ0v) is 22.6. The third-order valence-electron chi connectivity index (χ3n) is 5.37. The lowest BCUT2D eigenvalue weighted by Crippen LogP contribution is -2.50. The second-order valence-electron chi connectivity index (χ2n) is 11.1. The molecule has 1 aromatic rings. The number of aliphatic carboxylic acids is 1. The van der Waals surface area contributed by atoms with E-state index in [9.17, 15) is 24.6 Å². The van der Waals surface area contributed by atoms with Gasteiger partial charge in [0.2, 0.25) is 0 Å². The number of amides is 1. The third-order valence-corrected chi connectivity index (χ3v) is 5.37. The van der Waals surface area contributed by atoms with Gasteiger partial charge in [0.05, 0.1) is 25.0 Å². The molecule has 0 heterocycles. The number of carboxylic acids is 1. The molecule has 9 heteroatoms. The van der Waals surface area contributed by atoms with Crippen molar-refractivity contribution in [1.82, 2.24) is 0 Å². The van der Waals surface area contributed by atoms with Crippen molar-refractivity contribution in [2.45, 2.75) is 104 Å². The molecule has 0 aromatic heterocycles. The second-order valence-corrected chi connectivity index (χ2v) is 11.1. The lowest BCUT2D eigenvalue weighted by Gasteiger charge is -2.37. The standard InChI is InChI=1S/C27H44N2O7/c1-17(2)13-20(28)23(16-24(31)32)35-25(33)15-22(30)21(14-18(3)4)29(19-11-9-8-10-12-19)26(34)36-27(5,6)7/h8-12,17-18,20-23,30H,13-16,28H2,1-7H3,(H,31,32)/t20-,21-,22-,23-/m0/s1. The van der Waals surface area contributed by atoms with Crippen LogP contribution in [0.3, 0.4) is 0 Å². The number of rotatable bonds is 13. The van der Waals surface area contributed by atoms with Crippen LogP contribution in [0.15, 0.2) is 30.3 Å². The summed E-state index contributed by atoms with van der Waals surface area (Å²) >= 11 is 0. The molecule has 1 aromatic carbocycles. The van der Waals surface area contributed by atoms with Crippen molar-refractivity contribution in [3.63, 3.8) is 0 Å². The summed E-state index contributed by atoms with van der Waals surface area (Å²) in [5, 5.41) is 20.4. The minimum absolute atomic E-state index is 0.0774. The molecule has 0 fully saturated rings. The first-order valence-corrected chi connectivity index (χ1v) is 12.5. The Balaban J connectivity index is 3.20. The number of carboxylic acid groups (broad SMARTS) is 1. The van der Waals surface area contributed by atoms with Gasteiger partial charge in [-0.05, 0) is 57.6 Å². The van der Waals surface area contributed by atoms with E-state index in [1.165, 1.54) is 4.90 Å². The Morgan fingerprint density at radius 2 is 1.53 bits per heavy atom. The maximum Gasteiger partial charge on any atom is 0.415 e. The molecule has 0 aliphatic rings. The van der Waals surface area contributed by atoms with Crippen molar-refractivity contribution in [1.29, 1.82) is 0 Å². The molecule has 0 aliphatic carbocycles. The van der Waals surface area contributed by atoms with Gasteiger partial charge in [-0.3, -0.25) is 14.5 Å². The molecule has 0 aliphatic heterocycles. The highest BCUT2D eigenvalue weighted by atomic mass is 16.6. The maximum absolute atomic E-state index is 13.3. The predicted octanol–water partition coefficient (Wildman–Crippen LogP) is 4.35. The Morgan fingerprint density at radius 1 is 0.972 bits per heavy atom. The lowest BCUT2D eigenvalue weighted by molar-refractivity contribution is -0.156. The van der Waals surface area contributed by atoms with Crippen molar-refractivity contribution < 1.29 is 34.1 Å². The van der Waals surface area contributed by atoms with E-state index < -0.39 is 60.8 Å². The van der Waals surface area contributed by atoms with E-state index in [1.807, 2.05) is 33.8 Å². The highest BCUT2D eigenvalue weighted by molar-refractivity contribution is 5.89. The van der Waals surface area contributed by atoms with Crippen LogP contribution in [-0.4, -0.2) is 58.1 Å². The summed E-state index contributed by atoms with van der Waals surface area (Å²) in [5.74, 6) is -1.65. The van der Waals surface area contributed by atoms with Crippen LogP contribution in [0.5, 0.6) is 0 Å². The molecule has 4 atom stereocenters. The molecule has 0 spiro atoms. The monoisotopic (exact) mass is 508 g/mol. The number of benzene rings is 1. The number of ether oxygens (including phenoxy) is 2. The van der Waals surface area contributed by atoms with Crippen LogP contribution in [0, 0.1) is 11.8 Å². The van der Waals surface area contributed by atoms with Crippen molar-refractivity contribution in [2.24, 2.45) is 17.6 Å². The Bertz CT molecular complexity index is 836. The van der Waals surface area contributed by atoms with Crippen molar-refractivity contribution >= 4 is 23.7 Å². The molecular formula is C27H44N2O7. The van der Waals surface area contributed by atoms with Gasteiger partial charge in [0, 0.05) is 11.7 Å². The van der Waals surface area contributed by atoms with Gasteiger partial charge < -0.3 is 25.4 Å². The fourth-order valence-electron chi connectivity index (χ4n) is 3.92. The number of nitrogens with two attached hydrogens (primary N) is 1. The van der Waals surface area contributed by atoms with Gasteiger partial charge in [0.1, 0.15) is 11.7 Å². The molecule has 36 heavy (non-hydrogen) atoms. The van der Waals surface area contributed by atoms with E-state index >= 15 is 0 Å². The maximum atomic E-state index is 13.3. The third kappa shape index (κ3) is 11.4. The number of aliphatic hydroxyl groups excluding tert-OH is 1. The first-order valence-electron chi connectivity index (χ1n) is 12.5. The minimum Gasteiger partial charge on any atom is -0.481 e. The number of hydrogen-bond donors (Lipinski definition) is 3. The van der Waals surface area contributed by atoms with E-state index in [-0.39, 0.29) is 11.8 Å². The van der Waals surface area contributed by atoms with E-state index in [4.69, 9.17) is 15.2 Å². The number of carbonyl (C=O) groups is 3. The molecule has 0 unspecified atom stereocenters. The highest BCUT2D eigenvalue weighted by Crippen LogP contribution is 2.27. The number of esters is 1. The lowest BCUT2D eigenvalue weighted by atomic mass is 9.95. The van der Waals surface area contributed by atoms with Crippen LogP contribution in [-0.2, 0) is 19.1 Å². The van der Waals surface area contributed by atoms with Gasteiger partial charge >= 0.3 is 18.0 Å². The number of carbonyl (C=O) groups excluding carboxylic acids is 2. The summed E-state index contributed by atoms with van der Waals surface area (Å²) < 4.78 is 11.1. The number of nitrogens with zero attached hydrogens (tertiary/aromatic N) is 1. The van der Waals surface area contributed by atoms with Crippen molar-refractivity contribution in [3.8, 4) is 0 Å². The fourth-order valence-corrected chi connectivity index (χ4v) is 3.92. The Hall–Kier alpha value is -2.65. The van der Waals surface area contributed by atoms with Crippen LogP contribution in [0.4, 0.5) is 10.5 Å². The van der Waals surface area contributed by atoms with Crippen molar-refractivity contribution in [3.05, 3.63) is 30.3 Å². The zero-order valence-electron chi connectivity index (χ0n) is 22.6. The molecule has 0 bridgehead atoms. The zero-order chi connectivity index (χ0) is 27.6. The molecule has 0 saturated carbocycles. The molecule has 204 valence electrons. The normalized spacial score (nSPS) is 15.2. The SMILES string of the molecule is CC(C)C[C@H](N)[C@H](CC(=O)O)OC(=O)C[C@H](O)[C@H](CC(C)C)N(C(=O)OC(C)(C)C)c1ccccc1. The van der Waals surface area contributed by atoms with Crippen LogP contribution < -0.4 is 10.6 Å². The number of hydrogen-bond acceptors (Lipinski definition) is 7. The average Bonchev–Trinajstić information content (AvgIpc) is 2.71. The summed E-state index contributed by atoms with van der Waals surface area (Å²) in [6, 6.07) is 7.36. The van der Waals surface area contributed by atoms with Crippen LogP contribution in [0.2, 0.25) is 0 Å². The quantitative estimate of drug-likeness (QED) is 0.334. The fraction of sp³-hybridized carbons (Fsp3) is 0.667. The predicted molar refractivity (Wildman–Crippen MR) is 139 cm³/mol.